The maximum atomic E-state index is 11.8. The Morgan fingerprint density at radius 2 is 1.94 bits per heavy atom. The van der Waals surface area contributed by atoms with Gasteiger partial charge in [-0.1, -0.05) is 13.8 Å². The van der Waals surface area contributed by atoms with Crippen LogP contribution in [0.15, 0.2) is 0 Å². The Morgan fingerprint density at radius 3 is 2.50 bits per heavy atom. The maximum absolute atomic E-state index is 11.8. The summed E-state index contributed by atoms with van der Waals surface area (Å²) in [5.74, 6) is 2.88. The second-order valence-electron chi connectivity index (χ2n) is 6.06. The van der Waals surface area contributed by atoms with E-state index >= 15 is 0 Å². The summed E-state index contributed by atoms with van der Waals surface area (Å²) in [4.78, 5) is 11.8. The van der Waals surface area contributed by atoms with E-state index in [0.29, 0.717) is 12.5 Å². The molecule has 2 aliphatic rings. The van der Waals surface area contributed by atoms with Crippen LogP contribution < -0.4 is 11.1 Å². The van der Waals surface area contributed by atoms with E-state index in [2.05, 4.69) is 19.2 Å². The summed E-state index contributed by atoms with van der Waals surface area (Å²) in [5.41, 5.74) is 5.94. The van der Waals surface area contributed by atoms with Gasteiger partial charge >= 0.3 is 0 Å². The molecule has 0 aromatic heterocycles. The summed E-state index contributed by atoms with van der Waals surface area (Å²) >= 11 is 0. The van der Waals surface area contributed by atoms with Crippen molar-refractivity contribution in [2.45, 2.75) is 45.6 Å². The molecule has 16 heavy (non-hydrogen) atoms. The summed E-state index contributed by atoms with van der Waals surface area (Å²) in [7, 11) is 0. The average Bonchev–Trinajstić information content (AvgIpc) is 2.81. The number of hydrogen-bond acceptors (Lipinski definition) is 2. The fourth-order valence-corrected chi connectivity index (χ4v) is 2.99. The van der Waals surface area contributed by atoms with Crippen LogP contribution in [0.1, 0.15) is 39.5 Å². The smallest absolute Gasteiger partial charge is 0.223 e. The molecule has 2 rings (SSSR count). The molecule has 0 radical (unpaired) electrons. The van der Waals surface area contributed by atoms with E-state index in [0.717, 1.165) is 31.1 Å². The minimum absolute atomic E-state index is 0.111. The van der Waals surface area contributed by atoms with Crippen molar-refractivity contribution in [1.29, 1.82) is 0 Å². The molecule has 2 saturated carbocycles. The van der Waals surface area contributed by atoms with E-state index in [-0.39, 0.29) is 17.9 Å². The van der Waals surface area contributed by atoms with E-state index in [4.69, 9.17) is 5.73 Å². The molecule has 0 aromatic carbocycles. The predicted octanol–water partition coefficient (Wildman–Crippen LogP) is 1.52. The van der Waals surface area contributed by atoms with Crippen LogP contribution in [0.4, 0.5) is 0 Å². The topological polar surface area (TPSA) is 55.1 Å². The van der Waals surface area contributed by atoms with Crippen LogP contribution in [0.2, 0.25) is 0 Å². The highest BCUT2D eigenvalue weighted by Gasteiger charge is 2.47. The number of carbonyl (C=O) groups is 1. The first kappa shape index (κ1) is 11.9. The zero-order valence-corrected chi connectivity index (χ0v) is 10.4. The van der Waals surface area contributed by atoms with Crippen molar-refractivity contribution in [3.05, 3.63) is 0 Å². The first-order valence-corrected chi connectivity index (χ1v) is 6.59. The first-order chi connectivity index (χ1) is 7.56. The van der Waals surface area contributed by atoms with Crippen molar-refractivity contribution in [2.75, 3.05) is 6.54 Å². The molecule has 0 saturated heterocycles. The molecule has 0 spiro atoms. The van der Waals surface area contributed by atoms with Crippen molar-refractivity contribution in [2.24, 2.45) is 29.4 Å². The van der Waals surface area contributed by atoms with E-state index in [9.17, 15) is 4.79 Å². The standard InChI is InChI=1S/C13H24N2O/c1-8(2)3-12(14)7-15-13(16)11-5-9-4-10(9)6-11/h8-12H,3-7,14H2,1-2H3,(H,15,16). The summed E-state index contributed by atoms with van der Waals surface area (Å²) < 4.78 is 0. The van der Waals surface area contributed by atoms with Gasteiger partial charge in [0.25, 0.3) is 0 Å². The van der Waals surface area contributed by atoms with Gasteiger partial charge in [-0.3, -0.25) is 4.79 Å². The van der Waals surface area contributed by atoms with Gasteiger partial charge in [-0.25, -0.2) is 0 Å². The minimum atomic E-state index is 0.111. The van der Waals surface area contributed by atoms with Gasteiger partial charge in [0.2, 0.25) is 5.91 Å². The van der Waals surface area contributed by atoms with Gasteiger partial charge in [0, 0.05) is 18.5 Å². The van der Waals surface area contributed by atoms with Crippen molar-refractivity contribution >= 4 is 5.91 Å². The lowest BCUT2D eigenvalue weighted by atomic mass is 10.0. The molecule has 3 atom stereocenters. The average molecular weight is 224 g/mol. The minimum Gasteiger partial charge on any atom is -0.354 e. The molecule has 3 nitrogen and oxygen atoms in total. The highest BCUT2D eigenvalue weighted by atomic mass is 16.1. The predicted molar refractivity (Wildman–Crippen MR) is 64.8 cm³/mol. The van der Waals surface area contributed by atoms with Gasteiger partial charge in [-0.15, -0.1) is 0 Å². The lowest BCUT2D eigenvalue weighted by Crippen LogP contribution is -2.40. The Balaban J connectivity index is 1.63. The number of hydrogen-bond donors (Lipinski definition) is 2. The summed E-state index contributed by atoms with van der Waals surface area (Å²) in [5, 5.41) is 3.01. The van der Waals surface area contributed by atoms with Crippen molar-refractivity contribution in [3.63, 3.8) is 0 Å². The Labute approximate surface area is 98.2 Å². The third-order valence-electron chi connectivity index (χ3n) is 3.93. The van der Waals surface area contributed by atoms with Crippen molar-refractivity contribution in [1.82, 2.24) is 5.32 Å². The summed E-state index contributed by atoms with van der Waals surface area (Å²) in [6.45, 7) is 4.96. The molecule has 3 N–H and O–H groups in total. The van der Waals surface area contributed by atoms with Crippen molar-refractivity contribution < 1.29 is 4.79 Å². The quantitative estimate of drug-likeness (QED) is 0.744. The Morgan fingerprint density at radius 1 is 1.31 bits per heavy atom. The SMILES string of the molecule is CC(C)CC(N)CNC(=O)C1CC2CC2C1. The summed E-state index contributed by atoms with van der Waals surface area (Å²) in [6, 6.07) is 0.111. The molecule has 0 bridgehead atoms. The third-order valence-corrected chi connectivity index (χ3v) is 3.93. The molecule has 2 aliphatic carbocycles. The highest BCUT2D eigenvalue weighted by molar-refractivity contribution is 5.79. The van der Waals surface area contributed by atoms with Gasteiger partial charge in [0.1, 0.15) is 0 Å². The number of nitrogens with two attached hydrogens (primary N) is 1. The molecule has 2 fully saturated rings. The number of fused-ring (bicyclic) bond motifs is 1. The number of nitrogens with one attached hydrogen (secondary N) is 1. The van der Waals surface area contributed by atoms with Crippen LogP contribution in [-0.4, -0.2) is 18.5 Å². The zero-order chi connectivity index (χ0) is 11.7. The summed E-state index contributed by atoms with van der Waals surface area (Å²) in [6.07, 6.45) is 4.60. The largest absolute Gasteiger partial charge is 0.354 e. The molecule has 0 aromatic rings. The molecule has 0 aliphatic heterocycles. The second-order valence-corrected chi connectivity index (χ2v) is 6.06. The van der Waals surface area contributed by atoms with Gasteiger partial charge in [-0.2, -0.15) is 0 Å². The fourth-order valence-electron chi connectivity index (χ4n) is 2.99. The fraction of sp³-hybridized carbons (Fsp3) is 0.923. The number of carbonyl (C=O) groups excluding carboxylic acids is 1. The van der Waals surface area contributed by atoms with E-state index in [1.165, 1.54) is 6.42 Å². The lowest BCUT2D eigenvalue weighted by molar-refractivity contribution is -0.125. The van der Waals surface area contributed by atoms with E-state index in [1.54, 1.807) is 0 Å². The molecule has 3 heteroatoms. The van der Waals surface area contributed by atoms with E-state index < -0.39 is 0 Å². The van der Waals surface area contributed by atoms with Gasteiger partial charge in [-0.05, 0) is 43.4 Å². The number of amides is 1. The van der Waals surface area contributed by atoms with Crippen molar-refractivity contribution in [3.8, 4) is 0 Å². The van der Waals surface area contributed by atoms with Gasteiger partial charge in [0.15, 0.2) is 0 Å². The molecule has 1 amide bonds. The van der Waals surface area contributed by atoms with Crippen LogP contribution in [-0.2, 0) is 4.79 Å². The van der Waals surface area contributed by atoms with Gasteiger partial charge < -0.3 is 11.1 Å². The molecule has 0 heterocycles. The second kappa shape index (κ2) is 4.74. The van der Waals surface area contributed by atoms with Crippen LogP contribution in [0.25, 0.3) is 0 Å². The third kappa shape index (κ3) is 2.97. The Hall–Kier alpha value is -0.570. The molecule has 92 valence electrons. The van der Waals surface area contributed by atoms with Crippen LogP contribution in [0.5, 0.6) is 0 Å². The van der Waals surface area contributed by atoms with Crippen LogP contribution in [0.3, 0.4) is 0 Å². The Kier molecular flexibility index (Phi) is 3.53. The van der Waals surface area contributed by atoms with Crippen LogP contribution >= 0.6 is 0 Å². The molecule has 3 unspecified atom stereocenters. The zero-order valence-electron chi connectivity index (χ0n) is 10.4. The maximum Gasteiger partial charge on any atom is 0.223 e. The Bertz CT molecular complexity index is 255. The number of rotatable bonds is 5. The van der Waals surface area contributed by atoms with Crippen LogP contribution in [0, 0.1) is 23.7 Å². The lowest BCUT2D eigenvalue weighted by Gasteiger charge is -2.17. The molecular weight excluding hydrogens is 200 g/mol. The van der Waals surface area contributed by atoms with E-state index in [1.807, 2.05) is 0 Å². The normalized spacial score (nSPS) is 33.6. The highest BCUT2D eigenvalue weighted by Crippen LogP contribution is 2.54. The van der Waals surface area contributed by atoms with Gasteiger partial charge in [0.05, 0.1) is 0 Å². The monoisotopic (exact) mass is 224 g/mol. The first-order valence-electron chi connectivity index (χ1n) is 6.59. The molecular formula is C13H24N2O.